The summed E-state index contributed by atoms with van der Waals surface area (Å²) in [7, 11) is 0. The third kappa shape index (κ3) is 52.3. The van der Waals surface area contributed by atoms with Gasteiger partial charge in [0.1, 0.15) is 13.2 Å². The predicted molar refractivity (Wildman–Crippen MR) is 284 cm³/mol. The number of carbonyl (C=O) groups is 3. The highest BCUT2D eigenvalue weighted by Gasteiger charge is 2.19. The van der Waals surface area contributed by atoms with Gasteiger partial charge in [0.25, 0.3) is 0 Å². The molecule has 0 radical (unpaired) electrons. The van der Waals surface area contributed by atoms with E-state index >= 15 is 0 Å². The van der Waals surface area contributed by atoms with Gasteiger partial charge in [-0.1, -0.05) is 243 Å². The molecular formula is C60H108O6. The van der Waals surface area contributed by atoms with Gasteiger partial charge in [0.15, 0.2) is 6.10 Å². The molecule has 0 amide bonds. The minimum absolute atomic E-state index is 0.0752. The highest BCUT2D eigenvalue weighted by Crippen LogP contribution is 2.16. The van der Waals surface area contributed by atoms with Crippen LogP contribution in [0.4, 0.5) is 0 Å². The lowest BCUT2D eigenvalue weighted by atomic mass is 10.0. The first-order valence-corrected chi connectivity index (χ1v) is 28.6. The Balaban J connectivity index is 4.07. The average Bonchev–Trinajstić information content (AvgIpc) is 3.31. The SMILES string of the molecule is CCCCCC/C=C\C/C=C\CCCCCCCCCC(=O)OC(COC(=O)CCCCCCC)COC(=O)CCCCCCCCCCCCCCC/C=C\C/C=C\CCCCCCC. The van der Waals surface area contributed by atoms with Gasteiger partial charge in [0.05, 0.1) is 0 Å². The van der Waals surface area contributed by atoms with Gasteiger partial charge < -0.3 is 14.2 Å². The van der Waals surface area contributed by atoms with Gasteiger partial charge in [-0.2, -0.15) is 0 Å². The zero-order chi connectivity index (χ0) is 47.9. The van der Waals surface area contributed by atoms with Crippen LogP contribution in [0.1, 0.15) is 297 Å². The summed E-state index contributed by atoms with van der Waals surface area (Å²) >= 11 is 0. The summed E-state index contributed by atoms with van der Waals surface area (Å²) in [5.74, 6) is -0.887. The molecule has 6 nitrogen and oxygen atoms in total. The normalized spacial score (nSPS) is 12.3. The Morgan fingerprint density at radius 3 is 0.848 bits per heavy atom. The second kappa shape index (κ2) is 55.0. The summed E-state index contributed by atoms with van der Waals surface area (Å²) in [4.78, 5) is 37.8. The van der Waals surface area contributed by atoms with E-state index in [9.17, 15) is 14.4 Å². The quantitative estimate of drug-likeness (QED) is 0.0262. The average molecular weight is 926 g/mol. The molecule has 0 heterocycles. The van der Waals surface area contributed by atoms with E-state index < -0.39 is 6.10 Å². The molecular weight excluding hydrogens is 817 g/mol. The van der Waals surface area contributed by atoms with Crippen LogP contribution in [0.3, 0.4) is 0 Å². The number of ether oxygens (including phenoxy) is 3. The molecule has 0 N–H and O–H groups in total. The zero-order valence-corrected chi connectivity index (χ0v) is 44.0. The molecule has 0 rings (SSSR count). The van der Waals surface area contributed by atoms with Crippen molar-refractivity contribution >= 4 is 17.9 Å². The van der Waals surface area contributed by atoms with Crippen LogP contribution in [0.5, 0.6) is 0 Å². The fraction of sp³-hybridized carbons (Fsp3) is 0.817. The molecule has 0 aromatic heterocycles. The standard InChI is InChI=1S/C60H108O6/c1-4-7-10-13-15-17-19-21-23-25-27-28-29-30-31-32-33-35-36-38-40-42-44-47-50-53-59(62)65-56-57(55-64-58(61)52-49-46-12-9-6-3)66-60(63)54-51-48-45-43-41-39-37-34-26-24-22-20-18-16-14-11-8-5-2/h18-21,24-27,57H,4-17,22-23,28-56H2,1-3H3/b20-18-,21-19-,26-24-,27-25-. The number of allylic oxidation sites excluding steroid dienone is 8. The van der Waals surface area contributed by atoms with Crippen LogP contribution in [-0.4, -0.2) is 37.2 Å². The molecule has 66 heavy (non-hydrogen) atoms. The molecule has 0 saturated carbocycles. The van der Waals surface area contributed by atoms with Gasteiger partial charge in [0.2, 0.25) is 0 Å². The third-order valence-electron chi connectivity index (χ3n) is 12.6. The minimum Gasteiger partial charge on any atom is -0.462 e. The molecule has 0 aromatic rings. The van der Waals surface area contributed by atoms with Crippen LogP contribution in [-0.2, 0) is 28.6 Å². The fourth-order valence-electron chi connectivity index (χ4n) is 8.21. The van der Waals surface area contributed by atoms with E-state index in [-0.39, 0.29) is 31.1 Å². The van der Waals surface area contributed by atoms with Crippen molar-refractivity contribution in [3.8, 4) is 0 Å². The summed E-state index contributed by atoms with van der Waals surface area (Å²) in [6.45, 7) is 6.55. The van der Waals surface area contributed by atoms with E-state index in [1.165, 1.54) is 173 Å². The highest BCUT2D eigenvalue weighted by atomic mass is 16.6. The van der Waals surface area contributed by atoms with Crippen molar-refractivity contribution in [2.45, 2.75) is 303 Å². The van der Waals surface area contributed by atoms with Crippen LogP contribution in [0.15, 0.2) is 48.6 Å². The van der Waals surface area contributed by atoms with E-state index in [2.05, 4.69) is 69.4 Å². The van der Waals surface area contributed by atoms with E-state index in [1.54, 1.807) is 0 Å². The third-order valence-corrected chi connectivity index (χ3v) is 12.6. The van der Waals surface area contributed by atoms with Crippen molar-refractivity contribution in [2.24, 2.45) is 0 Å². The summed E-state index contributed by atoms with van der Waals surface area (Å²) < 4.78 is 16.7. The van der Waals surface area contributed by atoms with Crippen LogP contribution in [0, 0.1) is 0 Å². The number of hydrogen-bond donors (Lipinski definition) is 0. The van der Waals surface area contributed by atoms with Gasteiger partial charge in [-0.05, 0) is 83.5 Å². The van der Waals surface area contributed by atoms with Crippen LogP contribution < -0.4 is 0 Å². The zero-order valence-electron chi connectivity index (χ0n) is 44.0. The molecule has 0 fully saturated rings. The lowest BCUT2D eigenvalue weighted by molar-refractivity contribution is -0.167. The first-order valence-electron chi connectivity index (χ1n) is 28.6. The molecule has 0 saturated heterocycles. The van der Waals surface area contributed by atoms with Crippen molar-refractivity contribution in [1.82, 2.24) is 0 Å². The van der Waals surface area contributed by atoms with Crippen LogP contribution >= 0.6 is 0 Å². The Hall–Kier alpha value is -2.63. The van der Waals surface area contributed by atoms with Crippen molar-refractivity contribution in [3.63, 3.8) is 0 Å². The first kappa shape index (κ1) is 63.4. The molecule has 1 atom stereocenters. The van der Waals surface area contributed by atoms with Crippen molar-refractivity contribution in [1.29, 1.82) is 0 Å². The molecule has 0 aromatic carbocycles. The van der Waals surface area contributed by atoms with Gasteiger partial charge in [-0.15, -0.1) is 0 Å². The molecule has 0 aliphatic carbocycles. The molecule has 384 valence electrons. The molecule has 6 heteroatoms. The van der Waals surface area contributed by atoms with Crippen molar-refractivity contribution < 1.29 is 28.6 Å². The van der Waals surface area contributed by atoms with E-state index in [1.807, 2.05) is 0 Å². The maximum atomic E-state index is 12.8. The summed E-state index contributed by atoms with van der Waals surface area (Å²) in [5.41, 5.74) is 0. The van der Waals surface area contributed by atoms with Gasteiger partial charge in [-0.3, -0.25) is 14.4 Å². The second-order valence-corrected chi connectivity index (χ2v) is 19.2. The topological polar surface area (TPSA) is 78.9 Å². The second-order valence-electron chi connectivity index (χ2n) is 19.2. The van der Waals surface area contributed by atoms with E-state index in [0.717, 1.165) is 83.5 Å². The fourth-order valence-corrected chi connectivity index (χ4v) is 8.21. The molecule has 0 aliphatic heterocycles. The monoisotopic (exact) mass is 925 g/mol. The Morgan fingerprint density at radius 2 is 0.545 bits per heavy atom. The Labute approximate surface area is 409 Å². The summed E-state index contributed by atoms with van der Waals surface area (Å²) in [6.07, 6.45) is 67.2. The molecule has 0 bridgehead atoms. The highest BCUT2D eigenvalue weighted by molar-refractivity contribution is 5.71. The molecule has 1 unspecified atom stereocenters. The largest absolute Gasteiger partial charge is 0.462 e. The van der Waals surface area contributed by atoms with Crippen LogP contribution in [0.25, 0.3) is 0 Å². The lowest BCUT2D eigenvalue weighted by Crippen LogP contribution is -2.30. The van der Waals surface area contributed by atoms with Gasteiger partial charge >= 0.3 is 17.9 Å². The smallest absolute Gasteiger partial charge is 0.306 e. The predicted octanol–water partition coefficient (Wildman–Crippen LogP) is 19.0. The first-order chi connectivity index (χ1) is 32.5. The maximum Gasteiger partial charge on any atom is 0.306 e. The van der Waals surface area contributed by atoms with Crippen LogP contribution in [0.2, 0.25) is 0 Å². The van der Waals surface area contributed by atoms with Crippen molar-refractivity contribution in [3.05, 3.63) is 48.6 Å². The number of unbranched alkanes of at least 4 members (excludes halogenated alkanes) is 33. The Morgan fingerprint density at radius 1 is 0.303 bits per heavy atom. The number of carbonyl (C=O) groups excluding carboxylic acids is 3. The van der Waals surface area contributed by atoms with Gasteiger partial charge in [0, 0.05) is 19.3 Å². The summed E-state index contributed by atoms with van der Waals surface area (Å²) in [6, 6.07) is 0. The number of rotatable bonds is 52. The van der Waals surface area contributed by atoms with E-state index in [4.69, 9.17) is 14.2 Å². The number of esters is 3. The van der Waals surface area contributed by atoms with Gasteiger partial charge in [-0.25, -0.2) is 0 Å². The Kier molecular flexibility index (Phi) is 52.8. The molecule has 0 spiro atoms. The Bertz CT molecular complexity index is 1150. The van der Waals surface area contributed by atoms with Crippen molar-refractivity contribution in [2.75, 3.05) is 13.2 Å². The molecule has 0 aliphatic rings. The lowest BCUT2D eigenvalue weighted by Gasteiger charge is -2.18. The number of hydrogen-bond acceptors (Lipinski definition) is 6. The van der Waals surface area contributed by atoms with E-state index in [0.29, 0.717) is 19.3 Å². The summed E-state index contributed by atoms with van der Waals surface area (Å²) in [5, 5.41) is 0. The maximum absolute atomic E-state index is 12.8. The minimum atomic E-state index is -0.773.